The van der Waals surface area contributed by atoms with Crippen LogP contribution in [0.1, 0.15) is 18.9 Å². The fraction of sp³-hybridized carbons (Fsp3) is 0.409. The summed E-state index contributed by atoms with van der Waals surface area (Å²) in [7, 11) is -2.06. The Labute approximate surface area is 178 Å². The summed E-state index contributed by atoms with van der Waals surface area (Å²) in [6.07, 6.45) is 2.10. The lowest BCUT2D eigenvalue weighted by atomic mass is 10.1. The fourth-order valence-corrected chi connectivity index (χ4v) is 4.77. The zero-order valence-electron chi connectivity index (χ0n) is 17.4. The number of hydrogen-bond donors (Lipinski definition) is 0. The molecule has 0 spiro atoms. The fourth-order valence-electron chi connectivity index (χ4n) is 3.35. The molecule has 0 aliphatic carbocycles. The van der Waals surface area contributed by atoms with Crippen molar-refractivity contribution in [2.75, 3.05) is 39.9 Å². The Morgan fingerprint density at radius 2 is 1.53 bits per heavy atom. The Hall–Kier alpha value is -2.58. The number of amides is 1. The molecule has 1 fully saturated rings. The first-order valence-electron chi connectivity index (χ1n) is 10.1. The Bertz CT molecular complexity index is 934. The van der Waals surface area contributed by atoms with E-state index in [1.165, 1.54) is 29.1 Å². The van der Waals surface area contributed by atoms with Crippen LogP contribution in [0.15, 0.2) is 53.4 Å². The average molecular weight is 433 g/mol. The zero-order valence-corrected chi connectivity index (χ0v) is 18.2. The van der Waals surface area contributed by atoms with Gasteiger partial charge < -0.3 is 14.4 Å². The van der Waals surface area contributed by atoms with Crippen molar-refractivity contribution in [3.8, 4) is 11.5 Å². The molecule has 1 saturated heterocycles. The van der Waals surface area contributed by atoms with Crippen LogP contribution in [0.2, 0.25) is 0 Å². The summed E-state index contributed by atoms with van der Waals surface area (Å²) < 4.78 is 37.7. The van der Waals surface area contributed by atoms with Crippen LogP contribution in [0.25, 0.3) is 0 Å². The number of sulfonamides is 1. The first-order chi connectivity index (χ1) is 14.4. The van der Waals surface area contributed by atoms with Crippen LogP contribution < -0.4 is 9.47 Å². The first kappa shape index (κ1) is 22.1. The second-order valence-corrected chi connectivity index (χ2v) is 9.08. The molecule has 2 aromatic rings. The van der Waals surface area contributed by atoms with Crippen molar-refractivity contribution in [3.63, 3.8) is 0 Å². The summed E-state index contributed by atoms with van der Waals surface area (Å²) in [5.74, 6) is 1.11. The van der Waals surface area contributed by atoms with Crippen LogP contribution in [-0.2, 0) is 21.2 Å². The molecule has 0 atom stereocenters. The van der Waals surface area contributed by atoms with E-state index >= 15 is 0 Å². The third-order valence-corrected chi connectivity index (χ3v) is 7.03. The lowest BCUT2D eigenvalue weighted by molar-refractivity contribution is -0.134. The second-order valence-electron chi connectivity index (χ2n) is 7.14. The predicted octanol–water partition coefficient (Wildman–Crippen LogP) is 2.56. The second kappa shape index (κ2) is 9.95. The van der Waals surface area contributed by atoms with Crippen molar-refractivity contribution >= 4 is 15.9 Å². The van der Waals surface area contributed by atoms with Crippen LogP contribution in [-0.4, -0.2) is 63.4 Å². The van der Waals surface area contributed by atoms with Crippen molar-refractivity contribution < 1.29 is 22.7 Å². The van der Waals surface area contributed by atoms with Gasteiger partial charge in [0.2, 0.25) is 10.0 Å². The number of aryl methyl sites for hydroxylation is 1. The van der Waals surface area contributed by atoms with Gasteiger partial charge in [-0.15, -0.1) is 0 Å². The maximum atomic E-state index is 12.8. The number of hydrogen-bond acceptors (Lipinski definition) is 5. The van der Waals surface area contributed by atoms with Gasteiger partial charge in [0.05, 0.1) is 12.0 Å². The van der Waals surface area contributed by atoms with Gasteiger partial charge >= 0.3 is 0 Å². The molecule has 8 heteroatoms. The number of nitrogens with zero attached hydrogens (tertiary/aromatic N) is 2. The van der Waals surface area contributed by atoms with E-state index < -0.39 is 10.0 Å². The SMILES string of the molecule is CCCc1ccc(OCC(=O)N2CCN(S(=O)(=O)c3ccc(OC)cc3)CC2)cc1. The number of ether oxygens (including phenoxy) is 2. The monoisotopic (exact) mass is 432 g/mol. The lowest BCUT2D eigenvalue weighted by Crippen LogP contribution is -2.51. The Balaban J connectivity index is 1.51. The highest BCUT2D eigenvalue weighted by Crippen LogP contribution is 2.21. The maximum absolute atomic E-state index is 12.8. The van der Waals surface area contributed by atoms with E-state index in [1.54, 1.807) is 17.0 Å². The van der Waals surface area contributed by atoms with Crippen LogP contribution in [0.5, 0.6) is 11.5 Å². The van der Waals surface area contributed by atoms with E-state index in [-0.39, 0.29) is 30.5 Å². The minimum Gasteiger partial charge on any atom is -0.497 e. The summed E-state index contributed by atoms with van der Waals surface area (Å²) in [5, 5.41) is 0. The van der Waals surface area contributed by atoms with Crippen LogP contribution in [0.3, 0.4) is 0 Å². The standard InChI is InChI=1S/C22H28N2O5S/c1-3-4-18-5-7-20(8-6-18)29-17-22(25)23-13-15-24(16-14-23)30(26,27)21-11-9-19(28-2)10-12-21/h5-12H,3-4,13-17H2,1-2H3. The number of methoxy groups -OCH3 is 1. The Kier molecular flexibility index (Phi) is 7.33. The molecular weight excluding hydrogens is 404 g/mol. The van der Waals surface area contributed by atoms with Crippen molar-refractivity contribution in [1.82, 2.24) is 9.21 Å². The van der Waals surface area contributed by atoms with Gasteiger partial charge in [0.1, 0.15) is 11.5 Å². The summed E-state index contributed by atoms with van der Waals surface area (Å²) in [6.45, 7) is 3.26. The van der Waals surface area contributed by atoms with E-state index in [0.29, 0.717) is 24.6 Å². The maximum Gasteiger partial charge on any atom is 0.260 e. The summed E-state index contributed by atoms with van der Waals surface area (Å²) in [5.41, 5.74) is 1.24. The minimum absolute atomic E-state index is 0.0572. The van der Waals surface area contributed by atoms with Gasteiger partial charge in [-0.05, 0) is 48.4 Å². The normalized spacial score (nSPS) is 15.1. The molecule has 3 rings (SSSR count). The molecular formula is C22H28N2O5S. The van der Waals surface area contributed by atoms with E-state index in [0.717, 1.165) is 12.8 Å². The predicted molar refractivity (Wildman–Crippen MR) is 114 cm³/mol. The van der Waals surface area contributed by atoms with Gasteiger partial charge in [0, 0.05) is 26.2 Å². The summed E-state index contributed by atoms with van der Waals surface area (Å²) in [4.78, 5) is 14.3. The van der Waals surface area contributed by atoms with Crippen LogP contribution in [0, 0.1) is 0 Å². The smallest absolute Gasteiger partial charge is 0.260 e. The molecule has 1 aliphatic rings. The number of benzene rings is 2. The molecule has 1 heterocycles. The first-order valence-corrected chi connectivity index (χ1v) is 11.5. The quantitative estimate of drug-likeness (QED) is 0.641. The molecule has 1 amide bonds. The van der Waals surface area contributed by atoms with Gasteiger partial charge in [-0.2, -0.15) is 4.31 Å². The van der Waals surface area contributed by atoms with Gasteiger partial charge in [-0.25, -0.2) is 8.42 Å². The molecule has 0 aromatic heterocycles. The topological polar surface area (TPSA) is 76.2 Å². The third kappa shape index (κ3) is 5.31. The van der Waals surface area contributed by atoms with Crippen LogP contribution in [0.4, 0.5) is 0 Å². The number of carbonyl (C=O) groups excluding carboxylic acids is 1. The van der Waals surface area contributed by atoms with Crippen molar-refractivity contribution in [2.45, 2.75) is 24.7 Å². The van der Waals surface area contributed by atoms with Crippen molar-refractivity contribution in [2.24, 2.45) is 0 Å². The van der Waals surface area contributed by atoms with E-state index in [9.17, 15) is 13.2 Å². The molecule has 0 saturated carbocycles. The summed E-state index contributed by atoms with van der Waals surface area (Å²) in [6, 6.07) is 14.1. The molecule has 7 nitrogen and oxygen atoms in total. The van der Waals surface area contributed by atoms with Gasteiger partial charge in [0.25, 0.3) is 5.91 Å². The third-order valence-electron chi connectivity index (χ3n) is 5.11. The van der Waals surface area contributed by atoms with Gasteiger partial charge in [0.15, 0.2) is 6.61 Å². The van der Waals surface area contributed by atoms with Crippen molar-refractivity contribution in [3.05, 3.63) is 54.1 Å². The van der Waals surface area contributed by atoms with Crippen molar-refractivity contribution in [1.29, 1.82) is 0 Å². The average Bonchev–Trinajstić information content (AvgIpc) is 2.78. The number of piperazine rings is 1. The number of carbonyl (C=O) groups is 1. The van der Waals surface area contributed by atoms with E-state index in [2.05, 4.69) is 6.92 Å². The highest BCUT2D eigenvalue weighted by atomic mass is 32.2. The Morgan fingerprint density at radius 1 is 0.933 bits per heavy atom. The minimum atomic E-state index is -3.59. The van der Waals surface area contributed by atoms with E-state index in [4.69, 9.17) is 9.47 Å². The molecule has 1 aliphatic heterocycles. The highest BCUT2D eigenvalue weighted by molar-refractivity contribution is 7.89. The Morgan fingerprint density at radius 3 is 2.10 bits per heavy atom. The molecule has 0 N–H and O–H groups in total. The molecule has 162 valence electrons. The van der Waals surface area contributed by atoms with Gasteiger partial charge in [-0.3, -0.25) is 4.79 Å². The van der Waals surface area contributed by atoms with Gasteiger partial charge in [-0.1, -0.05) is 25.5 Å². The summed E-state index contributed by atoms with van der Waals surface area (Å²) >= 11 is 0. The largest absolute Gasteiger partial charge is 0.497 e. The molecule has 2 aromatic carbocycles. The molecule has 30 heavy (non-hydrogen) atoms. The lowest BCUT2D eigenvalue weighted by Gasteiger charge is -2.34. The number of rotatable bonds is 8. The highest BCUT2D eigenvalue weighted by Gasteiger charge is 2.30. The zero-order chi connectivity index (χ0) is 21.6. The van der Waals surface area contributed by atoms with Crippen LogP contribution >= 0.6 is 0 Å². The molecule has 0 bridgehead atoms. The molecule has 0 unspecified atom stereocenters. The molecule has 0 radical (unpaired) electrons. The van der Waals surface area contributed by atoms with E-state index in [1.807, 2.05) is 24.3 Å².